The first-order valence-corrected chi connectivity index (χ1v) is 5.99. The molecule has 2 rings (SSSR count). The highest BCUT2D eigenvalue weighted by Gasteiger charge is 2.31. The van der Waals surface area contributed by atoms with Crippen molar-refractivity contribution in [2.75, 3.05) is 6.54 Å². The fourth-order valence-electron chi connectivity index (χ4n) is 2.48. The average molecular weight is 234 g/mol. The van der Waals surface area contributed by atoms with E-state index >= 15 is 0 Å². The molecule has 0 aromatic carbocycles. The van der Waals surface area contributed by atoms with E-state index in [0.29, 0.717) is 5.92 Å². The molecule has 1 fully saturated rings. The molecule has 2 unspecified atom stereocenters. The maximum Gasteiger partial charge on any atom is 0.259 e. The standard InChI is InChI=1S/C13H18N2O2/c1-8-4-10(3)15(7-8)13(17)11-6-14-9(2)5-12(11)16/h5-6,8,10H,4,7H2,1-3H3,(H,14,16). The number of H-pyrrole nitrogens is 1. The van der Waals surface area contributed by atoms with Gasteiger partial charge in [0.05, 0.1) is 0 Å². The Balaban J connectivity index is 2.29. The van der Waals surface area contributed by atoms with E-state index in [0.717, 1.165) is 18.7 Å². The number of hydrogen-bond donors (Lipinski definition) is 1. The number of hydrogen-bond acceptors (Lipinski definition) is 2. The zero-order chi connectivity index (χ0) is 12.6. The van der Waals surface area contributed by atoms with Crippen LogP contribution in [0.2, 0.25) is 0 Å². The van der Waals surface area contributed by atoms with Gasteiger partial charge < -0.3 is 9.88 Å². The highest BCUT2D eigenvalue weighted by molar-refractivity contribution is 5.94. The van der Waals surface area contributed by atoms with E-state index in [1.807, 2.05) is 6.92 Å². The predicted octanol–water partition coefficient (Wildman–Crippen LogP) is 1.55. The van der Waals surface area contributed by atoms with Gasteiger partial charge in [0.1, 0.15) is 5.56 Å². The maximum atomic E-state index is 12.2. The molecule has 17 heavy (non-hydrogen) atoms. The van der Waals surface area contributed by atoms with Crippen LogP contribution in [0.1, 0.15) is 36.3 Å². The molecule has 0 spiro atoms. The van der Waals surface area contributed by atoms with Crippen LogP contribution in [0.4, 0.5) is 0 Å². The largest absolute Gasteiger partial charge is 0.364 e. The SMILES string of the molecule is Cc1cc(=O)c(C(=O)N2CC(C)CC2C)c[nH]1. The molecule has 4 nitrogen and oxygen atoms in total. The van der Waals surface area contributed by atoms with Gasteiger partial charge in [-0.15, -0.1) is 0 Å². The minimum atomic E-state index is -0.196. The number of aromatic amines is 1. The molecule has 1 amide bonds. The summed E-state index contributed by atoms with van der Waals surface area (Å²) in [6.07, 6.45) is 2.53. The number of carbonyl (C=O) groups excluding carboxylic acids is 1. The summed E-state index contributed by atoms with van der Waals surface area (Å²) in [6, 6.07) is 1.69. The number of pyridine rings is 1. The van der Waals surface area contributed by atoms with Crippen molar-refractivity contribution in [2.45, 2.75) is 33.2 Å². The fraction of sp³-hybridized carbons (Fsp3) is 0.538. The Labute approximate surface area is 101 Å². The van der Waals surface area contributed by atoms with Crippen LogP contribution >= 0.6 is 0 Å². The molecule has 2 heterocycles. The number of amides is 1. The summed E-state index contributed by atoms with van der Waals surface area (Å²) in [6.45, 7) is 6.70. The Bertz CT molecular complexity index is 492. The minimum Gasteiger partial charge on any atom is -0.364 e. The van der Waals surface area contributed by atoms with Crippen LogP contribution in [-0.2, 0) is 0 Å². The van der Waals surface area contributed by atoms with E-state index < -0.39 is 0 Å². The molecule has 2 atom stereocenters. The Morgan fingerprint density at radius 1 is 1.47 bits per heavy atom. The number of aryl methyl sites for hydroxylation is 1. The third kappa shape index (κ3) is 2.25. The molecule has 1 aromatic rings. The van der Waals surface area contributed by atoms with Gasteiger partial charge in [-0.25, -0.2) is 0 Å². The Morgan fingerprint density at radius 3 is 2.71 bits per heavy atom. The second-order valence-electron chi connectivity index (χ2n) is 5.04. The van der Waals surface area contributed by atoms with Crippen molar-refractivity contribution < 1.29 is 4.79 Å². The van der Waals surface area contributed by atoms with Gasteiger partial charge >= 0.3 is 0 Å². The van der Waals surface area contributed by atoms with Crippen LogP contribution in [0.25, 0.3) is 0 Å². The Morgan fingerprint density at radius 2 is 2.18 bits per heavy atom. The van der Waals surface area contributed by atoms with Gasteiger partial charge in [-0.1, -0.05) is 6.92 Å². The normalized spacial score (nSPS) is 24.1. The highest BCUT2D eigenvalue weighted by atomic mass is 16.2. The van der Waals surface area contributed by atoms with Gasteiger partial charge in [-0.05, 0) is 26.2 Å². The summed E-state index contributed by atoms with van der Waals surface area (Å²) >= 11 is 0. The van der Waals surface area contributed by atoms with Crippen molar-refractivity contribution in [2.24, 2.45) is 5.92 Å². The topological polar surface area (TPSA) is 53.2 Å². The zero-order valence-electron chi connectivity index (χ0n) is 10.5. The lowest BCUT2D eigenvalue weighted by molar-refractivity contribution is 0.0742. The lowest BCUT2D eigenvalue weighted by Crippen LogP contribution is -2.36. The smallest absolute Gasteiger partial charge is 0.259 e. The molecule has 1 aromatic heterocycles. The quantitative estimate of drug-likeness (QED) is 0.801. The molecule has 1 saturated heterocycles. The van der Waals surface area contributed by atoms with Crippen molar-refractivity contribution in [3.05, 3.63) is 33.7 Å². The summed E-state index contributed by atoms with van der Waals surface area (Å²) in [5.41, 5.74) is 0.823. The lowest BCUT2D eigenvalue weighted by atomic mass is 10.1. The number of carbonyl (C=O) groups is 1. The van der Waals surface area contributed by atoms with Crippen LogP contribution in [0, 0.1) is 12.8 Å². The van der Waals surface area contributed by atoms with E-state index in [4.69, 9.17) is 0 Å². The molecule has 0 aliphatic carbocycles. The molecule has 1 aliphatic rings. The Hall–Kier alpha value is -1.58. The molecular formula is C13H18N2O2. The van der Waals surface area contributed by atoms with Crippen molar-refractivity contribution in [3.8, 4) is 0 Å². The average Bonchev–Trinajstić information content (AvgIpc) is 2.57. The van der Waals surface area contributed by atoms with Crippen LogP contribution < -0.4 is 5.43 Å². The first-order valence-electron chi connectivity index (χ1n) is 5.99. The molecule has 1 aliphatic heterocycles. The summed E-state index contributed by atoms with van der Waals surface area (Å²) < 4.78 is 0. The van der Waals surface area contributed by atoms with Crippen molar-refractivity contribution in [1.82, 2.24) is 9.88 Å². The van der Waals surface area contributed by atoms with Gasteiger partial charge in [0.25, 0.3) is 5.91 Å². The summed E-state index contributed by atoms with van der Waals surface area (Å²) in [7, 11) is 0. The number of nitrogens with zero attached hydrogens (tertiary/aromatic N) is 1. The fourth-order valence-corrected chi connectivity index (χ4v) is 2.48. The van der Waals surface area contributed by atoms with Crippen LogP contribution in [0.3, 0.4) is 0 Å². The first-order chi connectivity index (χ1) is 7.99. The minimum absolute atomic E-state index is 0.150. The third-order valence-electron chi connectivity index (χ3n) is 3.33. The molecule has 0 bridgehead atoms. The number of likely N-dealkylation sites (tertiary alicyclic amines) is 1. The van der Waals surface area contributed by atoms with Crippen LogP contribution in [0.15, 0.2) is 17.1 Å². The summed E-state index contributed by atoms with van der Waals surface area (Å²) in [4.78, 5) is 28.7. The van der Waals surface area contributed by atoms with Gasteiger partial charge in [-0.3, -0.25) is 9.59 Å². The lowest BCUT2D eigenvalue weighted by Gasteiger charge is -2.21. The third-order valence-corrected chi connectivity index (χ3v) is 3.33. The maximum absolute atomic E-state index is 12.2. The van der Waals surface area contributed by atoms with Gasteiger partial charge in [-0.2, -0.15) is 0 Å². The molecular weight excluding hydrogens is 216 g/mol. The van der Waals surface area contributed by atoms with Gasteiger partial charge in [0, 0.05) is 30.5 Å². The monoisotopic (exact) mass is 234 g/mol. The molecule has 4 heteroatoms. The summed E-state index contributed by atoms with van der Waals surface area (Å²) in [5, 5.41) is 0. The first kappa shape index (κ1) is 11.9. The summed E-state index contributed by atoms with van der Waals surface area (Å²) in [5.74, 6) is 0.363. The number of nitrogens with one attached hydrogen (secondary N) is 1. The molecule has 92 valence electrons. The Kier molecular flexibility index (Phi) is 3.05. The van der Waals surface area contributed by atoms with E-state index in [2.05, 4.69) is 11.9 Å². The van der Waals surface area contributed by atoms with E-state index in [1.165, 1.54) is 12.3 Å². The van der Waals surface area contributed by atoms with Crippen LogP contribution in [-0.4, -0.2) is 28.4 Å². The second-order valence-corrected chi connectivity index (χ2v) is 5.04. The van der Waals surface area contributed by atoms with Crippen LogP contribution in [0.5, 0.6) is 0 Å². The van der Waals surface area contributed by atoms with Gasteiger partial charge in [0.2, 0.25) is 0 Å². The van der Waals surface area contributed by atoms with Gasteiger partial charge in [0.15, 0.2) is 5.43 Å². The highest BCUT2D eigenvalue weighted by Crippen LogP contribution is 2.23. The molecule has 1 N–H and O–H groups in total. The zero-order valence-corrected chi connectivity index (χ0v) is 10.5. The molecule has 0 radical (unpaired) electrons. The second kappa shape index (κ2) is 4.35. The van der Waals surface area contributed by atoms with Crippen molar-refractivity contribution >= 4 is 5.91 Å². The van der Waals surface area contributed by atoms with E-state index in [-0.39, 0.29) is 22.9 Å². The number of rotatable bonds is 1. The predicted molar refractivity (Wildman–Crippen MR) is 66.1 cm³/mol. The van der Waals surface area contributed by atoms with Crippen molar-refractivity contribution in [3.63, 3.8) is 0 Å². The number of aromatic nitrogens is 1. The van der Waals surface area contributed by atoms with E-state index in [1.54, 1.807) is 11.8 Å². The molecule has 0 saturated carbocycles. The van der Waals surface area contributed by atoms with E-state index in [9.17, 15) is 9.59 Å². The van der Waals surface area contributed by atoms with Crippen molar-refractivity contribution in [1.29, 1.82) is 0 Å².